The zero-order chi connectivity index (χ0) is 25.8. The lowest BCUT2D eigenvalue weighted by molar-refractivity contribution is -0.274. The Morgan fingerprint density at radius 1 is 1.26 bits per heavy atom. The van der Waals surface area contributed by atoms with Crippen LogP contribution >= 0.6 is 0 Å². The molecule has 0 aliphatic carbocycles. The van der Waals surface area contributed by atoms with Gasteiger partial charge in [0.25, 0.3) is 0 Å². The average Bonchev–Trinajstić information content (AvgIpc) is 3.05. The molecule has 35 heavy (non-hydrogen) atoms. The van der Waals surface area contributed by atoms with Crippen LogP contribution in [-0.4, -0.2) is 22.8 Å². The molecule has 5 nitrogen and oxygen atoms in total. The number of benzene rings is 2. The second-order valence-electron chi connectivity index (χ2n) is 8.21. The van der Waals surface area contributed by atoms with E-state index in [1.807, 2.05) is 20.8 Å². The predicted octanol–water partition coefficient (Wildman–Crippen LogP) is 7.25. The van der Waals surface area contributed by atoms with Gasteiger partial charge in [0.15, 0.2) is 0 Å². The van der Waals surface area contributed by atoms with Gasteiger partial charge in [-0.3, -0.25) is 9.80 Å². The lowest BCUT2D eigenvalue weighted by Gasteiger charge is -2.38. The van der Waals surface area contributed by atoms with Gasteiger partial charge in [0.1, 0.15) is 5.75 Å². The Balaban J connectivity index is 2.25. The van der Waals surface area contributed by atoms with Crippen LogP contribution in [0.1, 0.15) is 44.4 Å². The number of ether oxygens (including phenoxy) is 1. The SMILES string of the molecule is C=C/C=C(\C=C/C)N1C(=O)N(c2ccc(C#N)cc2)[C@@](C)(CC)[C@H]1c1cccc(OC(F)(F)F)c1. The molecule has 182 valence electrons. The van der Waals surface area contributed by atoms with Crippen LogP contribution in [0.25, 0.3) is 0 Å². The van der Waals surface area contributed by atoms with Gasteiger partial charge in [0, 0.05) is 11.4 Å². The van der Waals surface area contributed by atoms with Gasteiger partial charge in [-0.2, -0.15) is 5.26 Å². The van der Waals surface area contributed by atoms with Gasteiger partial charge in [-0.05, 0) is 74.4 Å². The van der Waals surface area contributed by atoms with Crippen LogP contribution in [0.4, 0.5) is 23.7 Å². The fourth-order valence-corrected chi connectivity index (χ4v) is 4.44. The number of rotatable bonds is 7. The van der Waals surface area contributed by atoms with Gasteiger partial charge in [0.2, 0.25) is 0 Å². The molecule has 0 radical (unpaired) electrons. The van der Waals surface area contributed by atoms with Crippen molar-refractivity contribution in [1.29, 1.82) is 5.26 Å². The number of carbonyl (C=O) groups excluding carboxylic acids is 1. The van der Waals surface area contributed by atoms with Crippen molar-refractivity contribution in [2.45, 2.75) is 45.1 Å². The number of nitrogens with zero attached hydrogens (tertiary/aromatic N) is 3. The second kappa shape index (κ2) is 10.1. The highest BCUT2D eigenvalue weighted by Crippen LogP contribution is 2.50. The van der Waals surface area contributed by atoms with E-state index >= 15 is 0 Å². The number of allylic oxidation sites excluding steroid dienone is 4. The molecule has 2 atom stereocenters. The Kier molecular flexibility index (Phi) is 7.39. The molecule has 2 aromatic rings. The fourth-order valence-electron chi connectivity index (χ4n) is 4.44. The summed E-state index contributed by atoms with van der Waals surface area (Å²) in [6.07, 6.45) is 2.40. The van der Waals surface area contributed by atoms with E-state index in [9.17, 15) is 18.0 Å². The van der Waals surface area contributed by atoms with Gasteiger partial charge in [-0.15, -0.1) is 13.2 Å². The second-order valence-corrected chi connectivity index (χ2v) is 8.21. The number of amides is 2. The number of hydrogen-bond donors (Lipinski definition) is 0. The molecule has 0 saturated carbocycles. The van der Waals surface area contributed by atoms with E-state index in [1.54, 1.807) is 64.4 Å². The van der Waals surface area contributed by atoms with Crippen molar-refractivity contribution < 1.29 is 22.7 Å². The van der Waals surface area contributed by atoms with E-state index in [1.165, 1.54) is 18.2 Å². The highest BCUT2D eigenvalue weighted by Gasteiger charge is 2.55. The van der Waals surface area contributed by atoms with Crippen LogP contribution in [0.5, 0.6) is 5.75 Å². The van der Waals surface area contributed by atoms with E-state index in [0.717, 1.165) is 0 Å². The summed E-state index contributed by atoms with van der Waals surface area (Å²) < 4.78 is 43.0. The number of hydrogen-bond acceptors (Lipinski definition) is 3. The van der Waals surface area contributed by atoms with Crippen molar-refractivity contribution in [3.8, 4) is 11.8 Å². The van der Waals surface area contributed by atoms with Gasteiger partial charge in [-0.1, -0.05) is 37.8 Å². The molecule has 0 bridgehead atoms. The molecule has 1 heterocycles. The molecule has 1 fully saturated rings. The van der Waals surface area contributed by atoms with Crippen LogP contribution in [0, 0.1) is 11.3 Å². The molecule has 2 aromatic carbocycles. The van der Waals surface area contributed by atoms with E-state index < -0.39 is 17.9 Å². The zero-order valence-corrected chi connectivity index (χ0v) is 19.7. The highest BCUT2D eigenvalue weighted by atomic mass is 19.4. The molecule has 1 aliphatic heterocycles. The van der Waals surface area contributed by atoms with E-state index in [4.69, 9.17) is 5.26 Å². The zero-order valence-electron chi connectivity index (χ0n) is 19.7. The fraction of sp³-hybridized carbons (Fsp3) is 0.259. The summed E-state index contributed by atoms with van der Waals surface area (Å²) in [5.74, 6) is -0.363. The third-order valence-electron chi connectivity index (χ3n) is 6.04. The molecule has 0 aromatic heterocycles. The minimum Gasteiger partial charge on any atom is -0.406 e. The summed E-state index contributed by atoms with van der Waals surface area (Å²) in [6.45, 7) is 9.37. The van der Waals surface area contributed by atoms with Crippen LogP contribution in [-0.2, 0) is 0 Å². The number of halogens is 3. The van der Waals surface area contributed by atoms with Crippen LogP contribution < -0.4 is 9.64 Å². The summed E-state index contributed by atoms with van der Waals surface area (Å²) in [4.78, 5) is 17.2. The molecule has 2 amide bonds. The number of anilines is 1. The van der Waals surface area contributed by atoms with E-state index in [-0.39, 0.29) is 11.8 Å². The van der Waals surface area contributed by atoms with Crippen LogP contribution in [0.15, 0.2) is 85.1 Å². The quantitative estimate of drug-likeness (QED) is 0.391. The highest BCUT2D eigenvalue weighted by molar-refractivity contribution is 5.98. The smallest absolute Gasteiger partial charge is 0.406 e. The standard InChI is InChI=1S/C27H26F3N3O2/c1-5-9-21(10-6-2)32-24(20-11-8-12-23(17-20)35-27(28,29)30)26(4,7-3)33(25(32)34)22-15-13-19(18-31)14-16-22/h5-6,8-17,24H,1,7H2,2-4H3/b10-6-,21-9+/t24-,26+/m1/s1. The maximum absolute atomic E-state index is 14.0. The third-order valence-corrected chi connectivity index (χ3v) is 6.04. The normalized spacial score (nSPS) is 20.9. The summed E-state index contributed by atoms with van der Waals surface area (Å²) in [6, 6.07) is 13.4. The Morgan fingerprint density at radius 3 is 2.49 bits per heavy atom. The van der Waals surface area contributed by atoms with Gasteiger partial charge >= 0.3 is 12.4 Å². The van der Waals surface area contributed by atoms with Crippen molar-refractivity contribution in [3.63, 3.8) is 0 Å². The van der Waals surface area contributed by atoms with Crippen molar-refractivity contribution in [1.82, 2.24) is 4.90 Å². The Bertz CT molecular complexity index is 1200. The summed E-state index contributed by atoms with van der Waals surface area (Å²) in [5.41, 5.74) is 1.19. The van der Waals surface area contributed by atoms with Crippen molar-refractivity contribution in [3.05, 3.63) is 96.2 Å². The van der Waals surface area contributed by atoms with Crippen LogP contribution in [0.2, 0.25) is 0 Å². The van der Waals surface area contributed by atoms with Crippen molar-refractivity contribution >= 4 is 11.7 Å². The summed E-state index contributed by atoms with van der Waals surface area (Å²) in [7, 11) is 0. The summed E-state index contributed by atoms with van der Waals surface area (Å²) in [5, 5.41) is 9.17. The van der Waals surface area contributed by atoms with Crippen molar-refractivity contribution in [2.75, 3.05) is 4.90 Å². The minimum atomic E-state index is -4.84. The monoisotopic (exact) mass is 481 g/mol. The third kappa shape index (κ3) is 5.09. The molecule has 0 N–H and O–H groups in total. The number of carbonyl (C=O) groups is 1. The number of urea groups is 1. The lowest BCUT2D eigenvalue weighted by Crippen LogP contribution is -2.45. The molecule has 1 saturated heterocycles. The van der Waals surface area contributed by atoms with Gasteiger partial charge in [0.05, 0.1) is 23.2 Å². The minimum absolute atomic E-state index is 0.350. The van der Waals surface area contributed by atoms with Gasteiger partial charge < -0.3 is 4.74 Å². The lowest BCUT2D eigenvalue weighted by atomic mass is 9.83. The Labute approximate surface area is 203 Å². The molecular formula is C27H26F3N3O2. The molecule has 8 heteroatoms. The van der Waals surface area contributed by atoms with Crippen LogP contribution in [0.3, 0.4) is 0 Å². The first-order valence-electron chi connectivity index (χ1n) is 11.0. The first kappa shape index (κ1) is 25.6. The van der Waals surface area contributed by atoms with Gasteiger partial charge in [-0.25, -0.2) is 4.79 Å². The molecule has 3 rings (SSSR count). The van der Waals surface area contributed by atoms with E-state index in [2.05, 4.69) is 17.4 Å². The Morgan fingerprint density at radius 2 is 1.94 bits per heavy atom. The van der Waals surface area contributed by atoms with Crippen molar-refractivity contribution in [2.24, 2.45) is 0 Å². The molecule has 1 aliphatic rings. The maximum Gasteiger partial charge on any atom is 0.573 e. The molecule has 0 unspecified atom stereocenters. The summed E-state index contributed by atoms with van der Waals surface area (Å²) >= 11 is 0. The largest absolute Gasteiger partial charge is 0.573 e. The first-order valence-corrected chi connectivity index (χ1v) is 11.0. The molecular weight excluding hydrogens is 455 g/mol. The Hall–Kier alpha value is -3.99. The number of alkyl halides is 3. The predicted molar refractivity (Wildman–Crippen MR) is 129 cm³/mol. The molecule has 0 spiro atoms. The van der Waals surface area contributed by atoms with E-state index in [0.29, 0.717) is 28.9 Å². The topological polar surface area (TPSA) is 56.6 Å². The average molecular weight is 482 g/mol. The maximum atomic E-state index is 14.0. The number of nitriles is 1. The first-order chi connectivity index (χ1) is 16.6.